The summed E-state index contributed by atoms with van der Waals surface area (Å²) >= 11 is 3.30. The fourth-order valence-electron chi connectivity index (χ4n) is 7.55. The van der Waals surface area contributed by atoms with Gasteiger partial charge in [-0.15, -0.1) is 22.7 Å². The largest absolute Gasteiger partial charge is 0.453 e. The van der Waals surface area contributed by atoms with Gasteiger partial charge >= 0.3 is 12.2 Å². The van der Waals surface area contributed by atoms with Crippen molar-refractivity contribution in [2.45, 2.75) is 77.5 Å². The van der Waals surface area contributed by atoms with Crippen molar-refractivity contribution in [2.24, 2.45) is 11.8 Å². The van der Waals surface area contributed by atoms with Crippen molar-refractivity contribution >= 4 is 67.1 Å². The van der Waals surface area contributed by atoms with Crippen molar-refractivity contribution in [1.29, 1.82) is 0 Å². The number of nitrogens with zero attached hydrogens (tertiary/aromatic N) is 4. The number of rotatable bonds is 9. The first-order valence-electron chi connectivity index (χ1n) is 18.8. The van der Waals surface area contributed by atoms with Gasteiger partial charge in [0.05, 0.1) is 58.5 Å². The number of ether oxygens (including phenoxy) is 2. The zero-order valence-electron chi connectivity index (χ0n) is 32.2. The minimum absolute atomic E-state index is 0.111. The molecule has 0 radical (unpaired) electrons. The van der Waals surface area contributed by atoms with Gasteiger partial charge in [0.25, 0.3) is 0 Å². The van der Waals surface area contributed by atoms with Crippen LogP contribution in [0.2, 0.25) is 0 Å². The Hall–Kier alpha value is -5.40. The van der Waals surface area contributed by atoms with Crippen molar-refractivity contribution in [3.8, 4) is 23.0 Å². The van der Waals surface area contributed by atoms with Gasteiger partial charge in [-0.05, 0) is 61.1 Å². The SMILES string of the molecule is COC(=O)N[C@H](C(=O)N1CCCC1c1ncc(C#Cc2csc3c(-c4ccc5nc(C6CCCN6C(=O)[C@H](NC(=O)OC)C(C)C)[nH]c5c4)csc23)[nH]1)C(C)C. The van der Waals surface area contributed by atoms with E-state index in [0.29, 0.717) is 24.6 Å². The Balaban J connectivity index is 1.07. The number of carbonyl (C=O) groups is 4. The Morgan fingerprint density at radius 1 is 0.821 bits per heavy atom. The minimum Gasteiger partial charge on any atom is -0.453 e. The van der Waals surface area contributed by atoms with Crippen LogP contribution in [0, 0.1) is 23.7 Å². The third-order valence-corrected chi connectivity index (χ3v) is 12.7. The van der Waals surface area contributed by atoms with Crippen molar-refractivity contribution in [1.82, 2.24) is 40.4 Å². The van der Waals surface area contributed by atoms with Gasteiger partial charge in [0.1, 0.15) is 29.4 Å². The zero-order valence-corrected chi connectivity index (χ0v) is 33.9. The number of imidazole rings is 2. The Morgan fingerprint density at radius 3 is 2.04 bits per heavy atom. The number of thiophene rings is 2. The minimum atomic E-state index is -0.699. The summed E-state index contributed by atoms with van der Waals surface area (Å²) in [5.41, 5.74) is 5.47. The quantitative estimate of drug-likeness (QED) is 0.119. The summed E-state index contributed by atoms with van der Waals surface area (Å²) in [6.07, 6.45) is 3.66. The molecular weight excluding hydrogens is 753 g/mol. The summed E-state index contributed by atoms with van der Waals surface area (Å²) in [5.74, 6) is 7.46. The van der Waals surface area contributed by atoms with Crippen LogP contribution >= 0.6 is 22.7 Å². The molecule has 14 nitrogen and oxygen atoms in total. The van der Waals surface area contributed by atoms with Crippen LogP contribution < -0.4 is 10.6 Å². The molecule has 16 heteroatoms. The first kappa shape index (κ1) is 38.9. The summed E-state index contributed by atoms with van der Waals surface area (Å²) in [5, 5.41) is 9.62. The number of H-pyrrole nitrogens is 2. The molecule has 4 aromatic heterocycles. The second-order valence-electron chi connectivity index (χ2n) is 14.8. The van der Waals surface area contributed by atoms with E-state index >= 15 is 0 Å². The molecule has 56 heavy (non-hydrogen) atoms. The fourth-order valence-corrected chi connectivity index (χ4v) is 9.87. The van der Waals surface area contributed by atoms with E-state index in [1.54, 1.807) is 33.8 Å². The Labute approximate surface area is 332 Å². The molecule has 4 amide bonds. The second-order valence-corrected chi connectivity index (χ2v) is 16.6. The maximum absolute atomic E-state index is 13.6. The van der Waals surface area contributed by atoms with E-state index in [2.05, 4.69) is 60.3 Å². The number of nitrogens with one attached hydrogen (secondary N) is 4. The lowest BCUT2D eigenvalue weighted by molar-refractivity contribution is -0.136. The van der Waals surface area contributed by atoms with Crippen molar-refractivity contribution in [3.05, 3.63) is 58.1 Å². The van der Waals surface area contributed by atoms with E-state index in [0.717, 1.165) is 68.6 Å². The Bertz CT molecular complexity index is 2330. The second kappa shape index (κ2) is 16.4. The molecule has 6 heterocycles. The highest BCUT2D eigenvalue weighted by atomic mass is 32.1. The molecule has 0 aliphatic carbocycles. The van der Waals surface area contributed by atoms with Crippen molar-refractivity contribution in [3.63, 3.8) is 0 Å². The first-order chi connectivity index (χ1) is 27.0. The van der Waals surface area contributed by atoms with E-state index in [1.807, 2.05) is 38.7 Å². The van der Waals surface area contributed by atoms with E-state index in [1.165, 1.54) is 14.2 Å². The third-order valence-electron chi connectivity index (χ3n) is 10.5. The summed E-state index contributed by atoms with van der Waals surface area (Å²) in [6.45, 7) is 8.76. The van der Waals surface area contributed by atoms with Gasteiger partial charge in [-0.3, -0.25) is 9.59 Å². The standard InChI is InChI=1S/C40H46N8O6S2/c1-21(2)31(45-39(51)53-5)37(49)47-15-7-9-29(47)35-41-18-25(42-35)13-11-24-19-55-34-26(20-56-33(24)34)23-12-14-27-28(17-23)44-36(43-27)30-10-8-16-48(30)38(50)32(22(3)4)46-40(52)54-6/h12,14,17-22,29-32H,7-10,15-16H2,1-6H3,(H,41,42)(H,43,44)(H,45,51)(H,46,52)/t29?,30?,31-,32+/m0/s1. The van der Waals surface area contributed by atoms with E-state index < -0.39 is 24.3 Å². The molecule has 0 bridgehead atoms. The monoisotopic (exact) mass is 798 g/mol. The van der Waals surface area contributed by atoms with Crippen LogP contribution in [0.3, 0.4) is 0 Å². The van der Waals surface area contributed by atoms with Gasteiger partial charge in [0, 0.05) is 29.4 Å². The lowest BCUT2D eigenvalue weighted by Gasteiger charge is -2.29. The first-order valence-corrected chi connectivity index (χ1v) is 20.6. The summed E-state index contributed by atoms with van der Waals surface area (Å²) < 4.78 is 11.8. The van der Waals surface area contributed by atoms with Gasteiger partial charge < -0.3 is 39.9 Å². The molecule has 2 fully saturated rings. The molecule has 4 atom stereocenters. The number of methoxy groups -OCH3 is 2. The molecule has 5 aromatic rings. The number of carbonyl (C=O) groups excluding carboxylic acids is 4. The van der Waals surface area contributed by atoms with Gasteiger partial charge in [-0.2, -0.15) is 0 Å². The predicted molar refractivity (Wildman–Crippen MR) is 215 cm³/mol. The third kappa shape index (κ3) is 7.70. The molecule has 2 aliphatic heterocycles. The maximum atomic E-state index is 13.6. The van der Waals surface area contributed by atoms with Crippen molar-refractivity contribution in [2.75, 3.05) is 27.3 Å². The van der Waals surface area contributed by atoms with E-state index in [9.17, 15) is 19.2 Å². The normalized spacial score (nSPS) is 18.0. The number of aromatic amines is 2. The van der Waals surface area contributed by atoms with Crippen LogP contribution in [0.5, 0.6) is 0 Å². The smallest absolute Gasteiger partial charge is 0.407 e. The van der Waals surface area contributed by atoms with Crippen molar-refractivity contribution < 1.29 is 28.7 Å². The van der Waals surface area contributed by atoms with Crippen LogP contribution in [0.1, 0.15) is 88.4 Å². The molecule has 294 valence electrons. The number of amides is 4. The van der Waals surface area contributed by atoms with Gasteiger partial charge in [-0.1, -0.05) is 39.7 Å². The number of likely N-dealkylation sites (tertiary alicyclic amines) is 2. The van der Waals surface area contributed by atoms with Crippen LogP contribution in [-0.4, -0.2) is 93.1 Å². The van der Waals surface area contributed by atoms with Gasteiger partial charge in [-0.25, -0.2) is 19.6 Å². The predicted octanol–water partition coefficient (Wildman–Crippen LogP) is 6.72. The topological polar surface area (TPSA) is 175 Å². The van der Waals surface area contributed by atoms with Gasteiger partial charge in [0.2, 0.25) is 11.8 Å². The summed E-state index contributed by atoms with van der Waals surface area (Å²) in [4.78, 5) is 71.0. The molecule has 2 saturated heterocycles. The van der Waals surface area contributed by atoms with E-state index in [4.69, 9.17) is 14.5 Å². The average molecular weight is 799 g/mol. The molecular formula is C40H46N8O6S2. The Morgan fingerprint density at radius 2 is 1.43 bits per heavy atom. The number of hydrogen-bond donors (Lipinski definition) is 4. The molecule has 0 spiro atoms. The number of fused-ring (bicyclic) bond motifs is 2. The van der Waals surface area contributed by atoms with Gasteiger partial charge in [0.15, 0.2) is 0 Å². The molecule has 2 unspecified atom stereocenters. The summed E-state index contributed by atoms with van der Waals surface area (Å²) in [6, 6.07) is 4.34. The lowest BCUT2D eigenvalue weighted by Crippen LogP contribution is -2.51. The summed E-state index contributed by atoms with van der Waals surface area (Å²) in [7, 11) is 2.58. The molecule has 4 N–H and O–H groups in total. The van der Waals surface area contributed by atoms with Crippen LogP contribution in [-0.2, 0) is 19.1 Å². The number of benzene rings is 1. The highest BCUT2D eigenvalue weighted by molar-refractivity contribution is 7.27. The number of aromatic nitrogens is 4. The average Bonchev–Trinajstić information content (AvgIpc) is 4.04. The lowest BCUT2D eigenvalue weighted by atomic mass is 10.0. The highest BCUT2D eigenvalue weighted by Crippen LogP contribution is 2.41. The molecule has 2 aliphatic rings. The molecule has 0 saturated carbocycles. The highest BCUT2D eigenvalue weighted by Gasteiger charge is 2.39. The molecule has 7 rings (SSSR count). The van der Waals surface area contributed by atoms with Crippen LogP contribution in [0.4, 0.5) is 9.59 Å². The van der Waals surface area contributed by atoms with E-state index in [-0.39, 0.29) is 35.7 Å². The number of hydrogen-bond acceptors (Lipinski definition) is 10. The molecule has 1 aromatic carbocycles. The van der Waals surface area contributed by atoms with Crippen LogP contribution in [0.15, 0.2) is 35.2 Å². The maximum Gasteiger partial charge on any atom is 0.407 e. The van der Waals surface area contributed by atoms with Crippen LogP contribution in [0.25, 0.3) is 31.6 Å². The fraction of sp³-hybridized carbons (Fsp3) is 0.450. The number of alkyl carbamates (subject to hydrolysis) is 2. The zero-order chi connectivity index (χ0) is 39.7. The Kier molecular flexibility index (Phi) is 11.4.